The molecule has 3 nitrogen and oxygen atoms in total. The number of halogens is 1. The third-order valence-corrected chi connectivity index (χ3v) is 2.01. The molecule has 0 saturated carbocycles. The molecule has 1 N–H and O–H groups in total. The van der Waals surface area contributed by atoms with Crippen LogP contribution in [-0.4, -0.2) is 23.3 Å². The summed E-state index contributed by atoms with van der Waals surface area (Å²) in [5, 5.41) is 4.22. The molecule has 0 aromatic carbocycles. The van der Waals surface area contributed by atoms with Crippen molar-refractivity contribution < 1.29 is 0 Å². The Morgan fingerprint density at radius 1 is 1.58 bits per heavy atom. The van der Waals surface area contributed by atoms with E-state index >= 15 is 0 Å². The van der Waals surface area contributed by atoms with Crippen LogP contribution in [0.1, 0.15) is 5.69 Å². The molecular formula is C7H10ClN3S. The van der Waals surface area contributed by atoms with Gasteiger partial charge < -0.3 is 5.32 Å². The van der Waals surface area contributed by atoms with Crippen LogP contribution in [0.3, 0.4) is 0 Å². The molecule has 1 heterocycles. The zero-order valence-corrected chi connectivity index (χ0v) is 8.54. The zero-order valence-electron chi connectivity index (χ0n) is 6.97. The second-order valence-electron chi connectivity index (χ2n) is 2.20. The monoisotopic (exact) mass is 203 g/mol. The summed E-state index contributed by atoms with van der Waals surface area (Å²) in [6, 6.07) is 1.76. The molecule has 0 saturated heterocycles. The lowest BCUT2D eigenvalue weighted by Gasteiger charge is -2.01. The van der Waals surface area contributed by atoms with Crippen LogP contribution in [0.25, 0.3) is 0 Å². The smallest absolute Gasteiger partial charge is 0.188 e. The van der Waals surface area contributed by atoms with Gasteiger partial charge in [-0.15, -0.1) is 0 Å². The first-order chi connectivity index (χ1) is 5.76. The van der Waals surface area contributed by atoms with Gasteiger partial charge in [-0.2, -0.15) is 0 Å². The average Bonchev–Trinajstić information content (AvgIpc) is 2.04. The Morgan fingerprint density at radius 3 is 2.92 bits per heavy atom. The first kappa shape index (κ1) is 9.77. The van der Waals surface area contributed by atoms with E-state index in [0.29, 0.717) is 10.3 Å². The van der Waals surface area contributed by atoms with Gasteiger partial charge in [-0.05, 0) is 19.4 Å². The molecule has 1 rings (SSSR count). The Labute approximate surface area is 80.9 Å². The minimum absolute atomic E-state index is 0.500. The summed E-state index contributed by atoms with van der Waals surface area (Å²) < 4.78 is 0. The van der Waals surface area contributed by atoms with Gasteiger partial charge in [0.25, 0.3) is 0 Å². The lowest BCUT2D eigenvalue weighted by Crippen LogP contribution is -2.07. The van der Waals surface area contributed by atoms with Crippen molar-refractivity contribution in [2.75, 3.05) is 13.3 Å². The van der Waals surface area contributed by atoms with E-state index in [1.165, 1.54) is 11.8 Å². The Bertz CT molecular complexity index is 267. The van der Waals surface area contributed by atoms with E-state index in [0.717, 1.165) is 12.2 Å². The minimum atomic E-state index is 0.500. The van der Waals surface area contributed by atoms with Gasteiger partial charge in [0.2, 0.25) is 0 Å². The van der Waals surface area contributed by atoms with Gasteiger partial charge in [-0.1, -0.05) is 23.4 Å². The minimum Gasteiger partial charge on any atom is -0.314 e. The van der Waals surface area contributed by atoms with Crippen LogP contribution in [-0.2, 0) is 6.54 Å². The van der Waals surface area contributed by atoms with Gasteiger partial charge in [0, 0.05) is 6.54 Å². The molecule has 0 aliphatic rings. The van der Waals surface area contributed by atoms with Crippen molar-refractivity contribution in [2.45, 2.75) is 11.7 Å². The van der Waals surface area contributed by atoms with Crippen LogP contribution in [0, 0.1) is 0 Å². The fourth-order valence-electron chi connectivity index (χ4n) is 0.804. The third-order valence-electron chi connectivity index (χ3n) is 1.27. The van der Waals surface area contributed by atoms with Crippen LogP contribution in [0.15, 0.2) is 11.2 Å². The van der Waals surface area contributed by atoms with Crippen LogP contribution in [0.2, 0.25) is 5.15 Å². The average molecular weight is 204 g/mol. The number of nitrogens with zero attached hydrogens (tertiary/aromatic N) is 2. The highest BCUT2D eigenvalue weighted by Crippen LogP contribution is 2.13. The second kappa shape index (κ2) is 4.64. The van der Waals surface area contributed by atoms with E-state index in [2.05, 4.69) is 15.3 Å². The number of thioether (sulfide) groups is 1. The summed E-state index contributed by atoms with van der Waals surface area (Å²) in [5.41, 5.74) is 0.918. The van der Waals surface area contributed by atoms with Crippen molar-refractivity contribution in [3.05, 3.63) is 16.9 Å². The van der Waals surface area contributed by atoms with Gasteiger partial charge in [0.1, 0.15) is 5.15 Å². The normalized spacial score (nSPS) is 10.2. The highest BCUT2D eigenvalue weighted by Gasteiger charge is 2.00. The van der Waals surface area contributed by atoms with Gasteiger partial charge >= 0.3 is 0 Å². The van der Waals surface area contributed by atoms with Crippen molar-refractivity contribution in [1.29, 1.82) is 0 Å². The van der Waals surface area contributed by atoms with E-state index in [1.807, 2.05) is 13.3 Å². The Balaban J connectivity index is 2.90. The number of rotatable bonds is 3. The summed E-state index contributed by atoms with van der Waals surface area (Å²) >= 11 is 7.26. The number of hydrogen-bond acceptors (Lipinski definition) is 4. The zero-order chi connectivity index (χ0) is 8.97. The van der Waals surface area contributed by atoms with Crippen molar-refractivity contribution in [2.24, 2.45) is 0 Å². The van der Waals surface area contributed by atoms with E-state index < -0.39 is 0 Å². The van der Waals surface area contributed by atoms with Crippen molar-refractivity contribution in [3.63, 3.8) is 0 Å². The maximum Gasteiger partial charge on any atom is 0.188 e. The quantitative estimate of drug-likeness (QED) is 0.460. The van der Waals surface area contributed by atoms with Crippen LogP contribution >= 0.6 is 23.4 Å². The van der Waals surface area contributed by atoms with Gasteiger partial charge in [-0.25, -0.2) is 9.97 Å². The molecule has 0 fully saturated rings. The lowest BCUT2D eigenvalue weighted by atomic mass is 10.4. The predicted octanol–water partition coefficient (Wildman–Crippen LogP) is 1.57. The number of nitrogens with one attached hydrogen (secondary N) is 1. The summed E-state index contributed by atoms with van der Waals surface area (Å²) in [6.07, 6.45) is 1.93. The first-order valence-electron chi connectivity index (χ1n) is 3.48. The SMILES string of the molecule is CNCc1cc(Cl)nc(SC)n1. The molecule has 1 aromatic rings. The highest BCUT2D eigenvalue weighted by atomic mass is 35.5. The summed E-state index contributed by atoms with van der Waals surface area (Å²) in [6.45, 7) is 0.718. The third kappa shape index (κ3) is 2.62. The molecule has 0 aliphatic carbocycles. The summed E-state index contributed by atoms with van der Waals surface area (Å²) in [5.74, 6) is 0. The molecule has 0 aliphatic heterocycles. The molecule has 1 aromatic heterocycles. The Hall–Kier alpha value is -0.320. The van der Waals surface area contributed by atoms with Gasteiger partial charge in [0.05, 0.1) is 5.69 Å². The topological polar surface area (TPSA) is 37.8 Å². The Morgan fingerprint density at radius 2 is 2.33 bits per heavy atom. The second-order valence-corrected chi connectivity index (χ2v) is 3.36. The molecule has 12 heavy (non-hydrogen) atoms. The molecule has 0 unspecified atom stereocenters. The Kier molecular flexibility index (Phi) is 3.78. The molecule has 0 amide bonds. The molecule has 0 bridgehead atoms. The van der Waals surface area contributed by atoms with Crippen molar-refractivity contribution >= 4 is 23.4 Å². The van der Waals surface area contributed by atoms with E-state index in [9.17, 15) is 0 Å². The van der Waals surface area contributed by atoms with Crippen LogP contribution in [0.4, 0.5) is 0 Å². The van der Waals surface area contributed by atoms with E-state index in [-0.39, 0.29) is 0 Å². The van der Waals surface area contributed by atoms with Crippen LogP contribution in [0.5, 0.6) is 0 Å². The van der Waals surface area contributed by atoms with E-state index in [4.69, 9.17) is 11.6 Å². The largest absolute Gasteiger partial charge is 0.314 e. The number of hydrogen-bond donors (Lipinski definition) is 1. The van der Waals surface area contributed by atoms with Gasteiger partial charge in [-0.3, -0.25) is 0 Å². The summed E-state index contributed by atoms with van der Waals surface area (Å²) in [4.78, 5) is 8.27. The van der Waals surface area contributed by atoms with Crippen molar-refractivity contribution in [1.82, 2.24) is 15.3 Å². The molecule has 0 radical (unpaired) electrons. The van der Waals surface area contributed by atoms with Gasteiger partial charge in [0.15, 0.2) is 5.16 Å². The van der Waals surface area contributed by atoms with Crippen LogP contribution < -0.4 is 5.32 Å². The molecule has 0 atom stereocenters. The highest BCUT2D eigenvalue weighted by molar-refractivity contribution is 7.98. The maximum absolute atomic E-state index is 5.77. The molecule has 0 spiro atoms. The van der Waals surface area contributed by atoms with Crippen molar-refractivity contribution in [3.8, 4) is 0 Å². The number of aromatic nitrogens is 2. The lowest BCUT2D eigenvalue weighted by molar-refractivity contribution is 0.763. The fraction of sp³-hybridized carbons (Fsp3) is 0.429. The predicted molar refractivity (Wildman–Crippen MR) is 51.6 cm³/mol. The maximum atomic E-state index is 5.77. The molecule has 66 valence electrons. The van der Waals surface area contributed by atoms with E-state index in [1.54, 1.807) is 6.07 Å². The fourth-order valence-corrected chi connectivity index (χ4v) is 1.46. The summed E-state index contributed by atoms with van der Waals surface area (Å²) in [7, 11) is 1.87. The molecular weight excluding hydrogens is 194 g/mol. The standard InChI is InChI=1S/C7H10ClN3S/c1-9-4-5-3-6(8)11-7(10-5)12-2/h3,9H,4H2,1-2H3. The molecule has 5 heteroatoms. The first-order valence-corrected chi connectivity index (χ1v) is 5.08.